The highest BCUT2D eigenvalue weighted by atomic mass is 32.2. The van der Waals surface area contributed by atoms with Gasteiger partial charge in [-0.2, -0.15) is 0 Å². The number of fused-ring (bicyclic) bond motifs is 2. The van der Waals surface area contributed by atoms with Crippen LogP contribution in [0.15, 0.2) is 29.8 Å². The molecular formula is C23H29F2N3O2S. The lowest BCUT2D eigenvalue weighted by Crippen LogP contribution is -2.51. The van der Waals surface area contributed by atoms with Crippen molar-refractivity contribution in [3.8, 4) is 0 Å². The van der Waals surface area contributed by atoms with Crippen molar-refractivity contribution in [3.05, 3.63) is 47.0 Å². The van der Waals surface area contributed by atoms with Crippen LogP contribution in [-0.4, -0.2) is 43.5 Å². The molecule has 4 rings (SSSR count). The summed E-state index contributed by atoms with van der Waals surface area (Å²) in [6.07, 6.45) is 5.91. The molecule has 0 aromatic heterocycles. The van der Waals surface area contributed by atoms with Gasteiger partial charge in [0.2, 0.25) is 10.0 Å². The summed E-state index contributed by atoms with van der Waals surface area (Å²) in [5.41, 5.74) is -0.361. The van der Waals surface area contributed by atoms with Gasteiger partial charge in [-0.3, -0.25) is 0 Å². The molecule has 2 saturated carbocycles. The van der Waals surface area contributed by atoms with E-state index in [4.69, 9.17) is 10.8 Å². The molecule has 31 heavy (non-hydrogen) atoms. The number of nitrogens with one attached hydrogen (secondary N) is 2. The van der Waals surface area contributed by atoms with Crippen molar-refractivity contribution < 1.29 is 17.2 Å². The SMILES string of the molecule is CC1(C)[C@H]2CC[C@]1([C@H]1CCCN(S(C)(=O)=O)C1)C(=N)/C2=C\C(=N)c1c(F)cccc1F. The van der Waals surface area contributed by atoms with Gasteiger partial charge in [0.25, 0.3) is 0 Å². The van der Waals surface area contributed by atoms with Crippen LogP contribution in [0, 0.1) is 45.1 Å². The zero-order valence-corrected chi connectivity index (χ0v) is 19.0. The molecule has 0 amide bonds. The molecule has 1 saturated heterocycles. The van der Waals surface area contributed by atoms with Gasteiger partial charge in [0, 0.05) is 24.2 Å². The van der Waals surface area contributed by atoms with Crippen molar-refractivity contribution in [2.45, 2.75) is 39.5 Å². The van der Waals surface area contributed by atoms with E-state index in [0.29, 0.717) is 24.4 Å². The monoisotopic (exact) mass is 449 g/mol. The molecule has 168 valence electrons. The number of hydrogen-bond acceptors (Lipinski definition) is 4. The molecule has 1 heterocycles. The zero-order valence-electron chi connectivity index (χ0n) is 18.1. The quantitative estimate of drug-likeness (QED) is 0.668. The lowest BCUT2D eigenvalue weighted by Gasteiger charge is -2.47. The van der Waals surface area contributed by atoms with Gasteiger partial charge >= 0.3 is 0 Å². The second-order valence-corrected chi connectivity index (χ2v) is 11.7. The summed E-state index contributed by atoms with van der Waals surface area (Å²) in [7, 11) is -3.31. The molecule has 3 aliphatic rings. The van der Waals surface area contributed by atoms with E-state index in [1.165, 1.54) is 22.7 Å². The van der Waals surface area contributed by atoms with Gasteiger partial charge < -0.3 is 10.8 Å². The van der Waals surface area contributed by atoms with E-state index in [9.17, 15) is 17.2 Å². The Morgan fingerprint density at radius 2 is 1.87 bits per heavy atom. The Morgan fingerprint density at radius 3 is 2.48 bits per heavy atom. The van der Waals surface area contributed by atoms with Gasteiger partial charge in [-0.15, -0.1) is 0 Å². The van der Waals surface area contributed by atoms with Crippen molar-refractivity contribution in [1.29, 1.82) is 10.8 Å². The van der Waals surface area contributed by atoms with E-state index in [1.807, 2.05) is 0 Å². The number of allylic oxidation sites excluding steroid dienone is 2. The molecule has 1 aromatic rings. The molecule has 0 spiro atoms. The minimum absolute atomic E-state index is 0.00351. The predicted octanol–water partition coefficient (Wildman–Crippen LogP) is 4.39. The largest absolute Gasteiger partial charge is 0.304 e. The molecule has 3 fully saturated rings. The van der Waals surface area contributed by atoms with Crippen molar-refractivity contribution in [2.75, 3.05) is 19.3 Å². The molecule has 0 unspecified atom stereocenters. The lowest BCUT2D eigenvalue weighted by molar-refractivity contribution is 0.0694. The molecule has 1 aromatic carbocycles. The van der Waals surface area contributed by atoms with Gasteiger partial charge in [-0.05, 0) is 66.7 Å². The van der Waals surface area contributed by atoms with Crippen LogP contribution < -0.4 is 0 Å². The fourth-order valence-electron chi connectivity index (χ4n) is 6.52. The summed E-state index contributed by atoms with van der Waals surface area (Å²) >= 11 is 0. The standard InChI is InChI=1S/C23H29F2N3O2S/c1-22(2)16-9-10-23(22,14-6-5-11-28(13-14)31(3,29)30)21(27)15(16)12-19(26)20-17(24)7-4-8-18(20)25/h4,7-8,12,14,16,26-27H,5-6,9-11,13H2,1-3H3/b15-12-,26-19?,27-21?/t14-,16-,23-/m0/s1. The summed E-state index contributed by atoms with van der Waals surface area (Å²) in [5.74, 6) is -1.57. The van der Waals surface area contributed by atoms with E-state index in [-0.39, 0.29) is 28.5 Å². The highest BCUT2D eigenvalue weighted by molar-refractivity contribution is 7.88. The maximum atomic E-state index is 14.2. The molecule has 3 atom stereocenters. The summed E-state index contributed by atoms with van der Waals surface area (Å²) in [6.45, 7) is 5.13. The summed E-state index contributed by atoms with van der Waals surface area (Å²) in [5, 5.41) is 17.5. The normalized spacial score (nSPS) is 32.0. The highest BCUT2D eigenvalue weighted by Gasteiger charge is 2.67. The summed E-state index contributed by atoms with van der Waals surface area (Å²) in [4.78, 5) is 0. The number of halogens is 2. The van der Waals surface area contributed by atoms with Crippen LogP contribution in [0.25, 0.3) is 0 Å². The molecule has 2 N–H and O–H groups in total. The number of rotatable bonds is 4. The van der Waals surface area contributed by atoms with Crippen LogP contribution >= 0.6 is 0 Å². The van der Waals surface area contributed by atoms with Crippen LogP contribution in [0.5, 0.6) is 0 Å². The van der Waals surface area contributed by atoms with E-state index in [1.54, 1.807) is 0 Å². The first-order valence-corrected chi connectivity index (χ1v) is 12.5. The summed E-state index contributed by atoms with van der Waals surface area (Å²) < 4.78 is 54.3. The van der Waals surface area contributed by atoms with E-state index < -0.39 is 27.1 Å². The molecular weight excluding hydrogens is 420 g/mol. The first-order valence-electron chi connectivity index (χ1n) is 10.7. The Kier molecular flexibility index (Phi) is 5.25. The van der Waals surface area contributed by atoms with Crippen molar-refractivity contribution in [3.63, 3.8) is 0 Å². The third-order valence-electron chi connectivity index (χ3n) is 8.04. The van der Waals surface area contributed by atoms with Crippen LogP contribution in [-0.2, 0) is 10.0 Å². The topological polar surface area (TPSA) is 85.1 Å². The number of piperidine rings is 1. The van der Waals surface area contributed by atoms with Gasteiger partial charge in [-0.25, -0.2) is 21.5 Å². The average Bonchev–Trinajstić information content (AvgIpc) is 3.03. The van der Waals surface area contributed by atoms with E-state index in [0.717, 1.165) is 37.8 Å². The Bertz CT molecular complexity index is 1080. The summed E-state index contributed by atoms with van der Waals surface area (Å²) in [6, 6.07) is 3.53. The minimum Gasteiger partial charge on any atom is -0.304 e. The molecule has 2 bridgehead atoms. The predicted molar refractivity (Wildman–Crippen MR) is 117 cm³/mol. The molecule has 0 radical (unpaired) electrons. The van der Waals surface area contributed by atoms with Gasteiger partial charge in [-0.1, -0.05) is 19.9 Å². The Labute approximate surface area is 182 Å². The smallest absolute Gasteiger partial charge is 0.211 e. The van der Waals surface area contributed by atoms with Gasteiger partial charge in [0.05, 0.1) is 17.5 Å². The molecule has 2 aliphatic carbocycles. The first-order chi connectivity index (χ1) is 14.4. The highest BCUT2D eigenvalue weighted by Crippen LogP contribution is 2.69. The minimum atomic E-state index is -3.31. The number of nitrogens with zero attached hydrogens (tertiary/aromatic N) is 1. The molecule has 8 heteroatoms. The zero-order chi connectivity index (χ0) is 22.8. The van der Waals surface area contributed by atoms with Crippen molar-refractivity contribution in [1.82, 2.24) is 4.31 Å². The van der Waals surface area contributed by atoms with Gasteiger partial charge in [0.15, 0.2) is 0 Å². The number of benzene rings is 1. The Balaban J connectivity index is 1.73. The van der Waals surface area contributed by atoms with Crippen LogP contribution in [0.1, 0.15) is 45.1 Å². The number of hydrogen-bond donors (Lipinski definition) is 2. The maximum absolute atomic E-state index is 14.2. The van der Waals surface area contributed by atoms with E-state index >= 15 is 0 Å². The second-order valence-electron chi connectivity index (χ2n) is 9.73. The van der Waals surface area contributed by atoms with Crippen molar-refractivity contribution in [2.24, 2.45) is 22.7 Å². The Morgan fingerprint density at radius 1 is 1.23 bits per heavy atom. The lowest BCUT2D eigenvalue weighted by atomic mass is 9.59. The van der Waals surface area contributed by atoms with Crippen molar-refractivity contribution >= 4 is 21.4 Å². The Hall–Kier alpha value is -1.93. The third-order valence-corrected chi connectivity index (χ3v) is 9.31. The van der Waals surface area contributed by atoms with Crippen LogP contribution in [0.2, 0.25) is 0 Å². The average molecular weight is 450 g/mol. The molecule has 1 aliphatic heterocycles. The third kappa shape index (κ3) is 3.21. The van der Waals surface area contributed by atoms with Crippen LogP contribution in [0.4, 0.5) is 8.78 Å². The first kappa shape index (κ1) is 22.3. The fourth-order valence-corrected chi connectivity index (χ4v) is 7.44. The maximum Gasteiger partial charge on any atom is 0.211 e. The number of sulfonamides is 1. The second kappa shape index (κ2) is 7.30. The fraction of sp³-hybridized carbons (Fsp3) is 0.565. The van der Waals surface area contributed by atoms with Gasteiger partial charge in [0.1, 0.15) is 11.6 Å². The van der Waals surface area contributed by atoms with E-state index in [2.05, 4.69) is 13.8 Å². The molecule has 5 nitrogen and oxygen atoms in total. The van der Waals surface area contributed by atoms with Crippen LogP contribution in [0.3, 0.4) is 0 Å².